The molecule has 0 amide bonds. The summed E-state index contributed by atoms with van der Waals surface area (Å²) >= 11 is 0. The maximum Gasteiger partial charge on any atom is 0.212 e. The van der Waals surface area contributed by atoms with Crippen molar-refractivity contribution in [2.75, 3.05) is 20.2 Å². The number of β-amino-alcohol motifs (C(OH)–C–C–N with tert-alkyl or cyclic N) is 1. The van der Waals surface area contributed by atoms with Gasteiger partial charge in [-0.1, -0.05) is 6.07 Å². The van der Waals surface area contributed by atoms with Crippen LogP contribution < -0.4 is 4.74 Å². The fourth-order valence-corrected chi connectivity index (χ4v) is 3.00. The Bertz CT molecular complexity index is 611. The Labute approximate surface area is 130 Å². The molecule has 3 heterocycles. The first-order valence-electron chi connectivity index (χ1n) is 7.54. The molecule has 0 saturated carbocycles. The van der Waals surface area contributed by atoms with Gasteiger partial charge < -0.3 is 9.84 Å². The molecule has 1 saturated heterocycles. The van der Waals surface area contributed by atoms with E-state index in [0.29, 0.717) is 12.4 Å². The second kappa shape index (κ2) is 6.46. The number of methoxy groups -OCH3 is 1. The topological polar surface area (TPSA) is 74.3 Å². The highest BCUT2D eigenvalue weighted by molar-refractivity contribution is 5.18. The molecule has 0 aromatic carbocycles. The summed E-state index contributed by atoms with van der Waals surface area (Å²) in [5, 5.41) is 17.5. The van der Waals surface area contributed by atoms with Crippen molar-refractivity contribution >= 4 is 0 Å². The number of aromatic amines is 1. The van der Waals surface area contributed by atoms with E-state index in [1.807, 2.05) is 31.3 Å². The largest absolute Gasteiger partial charge is 0.481 e. The molecular weight excluding hydrogens is 280 g/mol. The van der Waals surface area contributed by atoms with E-state index < -0.39 is 0 Å². The van der Waals surface area contributed by atoms with Crippen molar-refractivity contribution in [2.45, 2.75) is 26.0 Å². The summed E-state index contributed by atoms with van der Waals surface area (Å²) in [6, 6.07) is 5.93. The number of likely N-dealkylation sites (tertiary alicyclic amines) is 1. The van der Waals surface area contributed by atoms with Crippen LogP contribution in [0.1, 0.15) is 17.0 Å². The zero-order valence-electron chi connectivity index (χ0n) is 13.0. The predicted molar refractivity (Wildman–Crippen MR) is 82.6 cm³/mol. The van der Waals surface area contributed by atoms with Gasteiger partial charge in [0, 0.05) is 43.5 Å². The van der Waals surface area contributed by atoms with Crippen LogP contribution in [0.4, 0.5) is 0 Å². The SMILES string of the molecule is COc1ccc(CN2C[C@@H](Cc3cc(C)[nH]n3)[C@H](O)C2)cn1. The third kappa shape index (κ3) is 3.45. The number of aliphatic hydroxyl groups is 1. The summed E-state index contributed by atoms with van der Waals surface area (Å²) in [5.74, 6) is 0.853. The maximum atomic E-state index is 10.3. The lowest BCUT2D eigenvalue weighted by Crippen LogP contribution is -2.21. The van der Waals surface area contributed by atoms with E-state index in [4.69, 9.17) is 4.74 Å². The van der Waals surface area contributed by atoms with Crippen LogP contribution in [-0.4, -0.2) is 51.5 Å². The van der Waals surface area contributed by atoms with E-state index in [9.17, 15) is 5.11 Å². The lowest BCUT2D eigenvalue weighted by atomic mass is 10.0. The second-order valence-corrected chi connectivity index (χ2v) is 5.98. The minimum Gasteiger partial charge on any atom is -0.481 e. The van der Waals surface area contributed by atoms with Gasteiger partial charge in [0.1, 0.15) is 0 Å². The highest BCUT2D eigenvalue weighted by atomic mass is 16.5. The maximum absolute atomic E-state index is 10.3. The van der Waals surface area contributed by atoms with Crippen LogP contribution in [-0.2, 0) is 13.0 Å². The van der Waals surface area contributed by atoms with Crippen molar-refractivity contribution in [1.29, 1.82) is 0 Å². The summed E-state index contributed by atoms with van der Waals surface area (Å²) in [6.07, 6.45) is 2.33. The van der Waals surface area contributed by atoms with Crippen LogP contribution >= 0.6 is 0 Å². The van der Waals surface area contributed by atoms with Crippen LogP contribution in [0.15, 0.2) is 24.4 Å². The van der Waals surface area contributed by atoms with E-state index in [1.54, 1.807) is 7.11 Å². The molecule has 22 heavy (non-hydrogen) atoms. The number of rotatable bonds is 5. The van der Waals surface area contributed by atoms with Crippen LogP contribution in [0.5, 0.6) is 5.88 Å². The summed E-state index contributed by atoms with van der Waals surface area (Å²) in [7, 11) is 1.61. The van der Waals surface area contributed by atoms with Crippen molar-refractivity contribution in [2.24, 2.45) is 5.92 Å². The number of aromatic nitrogens is 3. The van der Waals surface area contributed by atoms with Gasteiger partial charge in [0.25, 0.3) is 0 Å². The fraction of sp³-hybridized carbons (Fsp3) is 0.500. The molecule has 0 unspecified atom stereocenters. The Morgan fingerprint density at radius 3 is 2.91 bits per heavy atom. The lowest BCUT2D eigenvalue weighted by Gasteiger charge is -2.15. The van der Waals surface area contributed by atoms with Crippen molar-refractivity contribution in [1.82, 2.24) is 20.1 Å². The number of ether oxygens (including phenoxy) is 1. The minimum absolute atomic E-state index is 0.230. The molecule has 0 radical (unpaired) electrons. The Morgan fingerprint density at radius 1 is 1.41 bits per heavy atom. The van der Waals surface area contributed by atoms with Gasteiger partial charge in [0.05, 0.1) is 18.9 Å². The van der Waals surface area contributed by atoms with E-state index in [2.05, 4.69) is 20.1 Å². The summed E-state index contributed by atoms with van der Waals surface area (Å²) in [6.45, 7) is 4.36. The third-order valence-corrected chi connectivity index (χ3v) is 4.13. The summed E-state index contributed by atoms with van der Waals surface area (Å²) in [5.41, 5.74) is 3.21. The minimum atomic E-state index is -0.303. The van der Waals surface area contributed by atoms with Crippen molar-refractivity contribution in [3.05, 3.63) is 41.3 Å². The first-order valence-corrected chi connectivity index (χ1v) is 7.54. The molecule has 2 N–H and O–H groups in total. The number of pyridine rings is 1. The summed E-state index contributed by atoms with van der Waals surface area (Å²) < 4.78 is 5.07. The molecule has 6 nitrogen and oxygen atoms in total. The molecule has 1 fully saturated rings. The van der Waals surface area contributed by atoms with Crippen LogP contribution in [0.2, 0.25) is 0 Å². The quantitative estimate of drug-likeness (QED) is 0.867. The number of aliphatic hydroxyl groups excluding tert-OH is 1. The molecule has 0 spiro atoms. The Balaban J connectivity index is 1.57. The van der Waals surface area contributed by atoms with Crippen molar-refractivity contribution < 1.29 is 9.84 Å². The van der Waals surface area contributed by atoms with E-state index >= 15 is 0 Å². The Kier molecular flexibility index (Phi) is 4.40. The zero-order valence-corrected chi connectivity index (χ0v) is 13.0. The second-order valence-electron chi connectivity index (χ2n) is 5.98. The van der Waals surface area contributed by atoms with Gasteiger partial charge in [0.15, 0.2) is 0 Å². The molecule has 118 valence electrons. The molecule has 2 aromatic heterocycles. The summed E-state index contributed by atoms with van der Waals surface area (Å²) in [4.78, 5) is 6.48. The van der Waals surface area contributed by atoms with Crippen LogP contribution in [0.3, 0.4) is 0 Å². The molecule has 0 aliphatic carbocycles. The van der Waals surface area contributed by atoms with Crippen molar-refractivity contribution in [3.63, 3.8) is 0 Å². The van der Waals surface area contributed by atoms with Gasteiger partial charge in [0.2, 0.25) is 5.88 Å². The Morgan fingerprint density at radius 2 is 2.27 bits per heavy atom. The van der Waals surface area contributed by atoms with Gasteiger partial charge >= 0.3 is 0 Å². The number of nitrogens with one attached hydrogen (secondary N) is 1. The number of H-pyrrole nitrogens is 1. The Hall–Kier alpha value is -1.92. The van der Waals surface area contributed by atoms with Crippen molar-refractivity contribution in [3.8, 4) is 5.88 Å². The predicted octanol–water partition coefficient (Wildman–Crippen LogP) is 1.16. The smallest absolute Gasteiger partial charge is 0.212 e. The number of hydrogen-bond acceptors (Lipinski definition) is 5. The van der Waals surface area contributed by atoms with Gasteiger partial charge in [-0.15, -0.1) is 0 Å². The van der Waals surface area contributed by atoms with Gasteiger partial charge in [-0.05, 0) is 25.0 Å². The number of hydrogen-bond donors (Lipinski definition) is 2. The van der Waals surface area contributed by atoms with Gasteiger partial charge in [-0.2, -0.15) is 5.10 Å². The highest BCUT2D eigenvalue weighted by Crippen LogP contribution is 2.23. The molecule has 1 aliphatic heterocycles. The van der Waals surface area contributed by atoms with Gasteiger partial charge in [-0.3, -0.25) is 10.00 Å². The van der Waals surface area contributed by atoms with Gasteiger partial charge in [-0.25, -0.2) is 4.98 Å². The zero-order chi connectivity index (χ0) is 15.5. The van der Waals surface area contributed by atoms with E-state index in [0.717, 1.165) is 36.5 Å². The standard InChI is InChI=1S/C16H22N4O2/c1-11-5-14(19-18-11)6-13-9-20(10-15(13)21)8-12-3-4-16(22-2)17-7-12/h3-5,7,13,15,21H,6,8-10H2,1-2H3,(H,18,19)/t13-,15-/m1/s1. The average molecular weight is 302 g/mol. The first-order chi connectivity index (χ1) is 10.6. The average Bonchev–Trinajstić information content (AvgIpc) is 3.06. The lowest BCUT2D eigenvalue weighted by molar-refractivity contribution is 0.140. The fourth-order valence-electron chi connectivity index (χ4n) is 3.00. The molecule has 6 heteroatoms. The van der Waals surface area contributed by atoms with Crippen LogP contribution in [0.25, 0.3) is 0 Å². The third-order valence-electron chi connectivity index (χ3n) is 4.13. The molecular formula is C16H22N4O2. The molecule has 2 atom stereocenters. The molecule has 3 rings (SSSR count). The van der Waals surface area contributed by atoms with Crippen LogP contribution in [0, 0.1) is 12.8 Å². The molecule has 2 aromatic rings. The first kappa shape index (κ1) is 15.0. The number of aryl methyl sites for hydroxylation is 1. The monoisotopic (exact) mass is 302 g/mol. The highest BCUT2D eigenvalue weighted by Gasteiger charge is 2.31. The number of nitrogens with zero attached hydrogens (tertiary/aromatic N) is 3. The molecule has 1 aliphatic rings. The van der Waals surface area contributed by atoms with E-state index in [1.165, 1.54) is 0 Å². The van der Waals surface area contributed by atoms with E-state index in [-0.39, 0.29) is 12.0 Å². The normalized spacial score (nSPS) is 22.1. The molecule has 0 bridgehead atoms.